The lowest BCUT2D eigenvalue weighted by Gasteiger charge is -2.23. The summed E-state index contributed by atoms with van der Waals surface area (Å²) in [6.07, 6.45) is 0. The summed E-state index contributed by atoms with van der Waals surface area (Å²) in [4.78, 5) is 17.4. The summed E-state index contributed by atoms with van der Waals surface area (Å²) in [5.74, 6) is -0.992. The van der Waals surface area contributed by atoms with Gasteiger partial charge in [-0.1, -0.05) is 18.2 Å². The normalized spacial score (nSPS) is 10.6. The number of aromatic nitrogens is 1. The second-order valence-corrected chi connectivity index (χ2v) is 4.02. The molecule has 0 unspecified atom stereocenters. The van der Waals surface area contributed by atoms with Crippen LogP contribution in [0.4, 0.5) is 5.69 Å². The van der Waals surface area contributed by atoms with E-state index in [1.807, 2.05) is 24.3 Å². The SMILES string of the molecule is CCN(CC)c1cc(C(=O)O)nc2ccccc12. The predicted molar refractivity (Wildman–Crippen MR) is 72.3 cm³/mol. The van der Waals surface area contributed by atoms with Crippen LogP contribution in [0, 0.1) is 0 Å². The van der Waals surface area contributed by atoms with Gasteiger partial charge in [-0.15, -0.1) is 0 Å². The van der Waals surface area contributed by atoms with E-state index in [1.165, 1.54) is 0 Å². The molecule has 0 aliphatic rings. The van der Waals surface area contributed by atoms with Crippen molar-refractivity contribution < 1.29 is 9.90 Å². The first-order chi connectivity index (χ1) is 8.67. The number of rotatable bonds is 4. The highest BCUT2D eigenvalue weighted by Gasteiger charge is 2.13. The summed E-state index contributed by atoms with van der Waals surface area (Å²) >= 11 is 0. The van der Waals surface area contributed by atoms with Gasteiger partial charge in [0.15, 0.2) is 5.69 Å². The van der Waals surface area contributed by atoms with E-state index < -0.39 is 5.97 Å². The van der Waals surface area contributed by atoms with E-state index in [0.717, 1.165) is 29.7 Å². The first-order valence-corrected chi connectivity index (χ1v) is 6.05. The molecule has 0 saturated heterocycles. The monoisotopic (exact) mass is 244 g/mol. The van der Waals surface area contributed by atoms with Crippen molar-refractivity contribution in [2.75, 3.05) is 18.0 Å². The van der Waals surface area contributed by atoms with Crippen LogP contribution in [-0.4, -0.2) is 29.1 Å². The first kappa shape index (κ1) is 12.4. The number of anilines is 1. The molecular weight excluding hydrogens is 228 g/mol. The van der Waals surface area contributed by atoms with Gasteiger partial charge in [0.05, 0.1) is 5.52 Å². The molecule has 0 fully saturated rings. The van der Waals surface area contributed by atoms with Crippen LogP contribution in [0.1, 0.15) is 24.3 Å². The van der Waals surface area contributed by atoms with E-state index in [-0.39, 0.29) is 5.69 Å². The average molecular weight is 244 g/mol. The van der Waals surface area contributed by atoms with E-state index in [0.29, 0.717) is 0 Å². The number of hydrogen-bond donors (Lipinski definition) is 1. The fourth-order valence-electron chi connectivity index (χ4n) is 2.09. The Morgan fingerprint density at radius 3 is 2.56 bits per heavy atom. The van der Waals surface area contributed by atoms with Crippen molar-refractivity contribution in [1.29, 1.82) is 0 Å². The van der Waals surface area contributed by atoms with Crippen molar-refractivity contribution in [2.24, 2.45) is 0 Å². The van der Waals surface area contributed by atoms with Crippen molar-refractivity contribution >= 4 is 22.6 Å². The van der Waals surface area contributed by atoms with E-state index in [2.05, 4.69) is 23.7 Å². The van der Waals surface area contributed by atoms with Crippen molar-refractivity contribution in [3.63, 3.8) is 0 Å². The van der Waals surface area contributed by atoms with Crippen molar-refractivity contribution in [1.82, 2.24) is 4.98 Å². The number of nitrogens with zero attached hydrogens (tertiary/aromatic N) is 2. The number of pyridine rings is 1. The Hall–Kier alpha value is -2.10. The molecule has 4 nitrogen and oxygen atoms in total. The lowest BCUT2D eigenvalue weighted by Crippen LogP contribution is -2.22. The molecule has 2 aromatic rings. The number of hydrogen-bond acceptors (Lipinski definition) is 3. The molecule has 0 atom stereocenters. The third kappa shape index (κ3) is 2.14. The Bertz CT molecular complexity index is 577. The second-order valence-electron chi connectivity index (χ2n) is 4.02. The summed E-state index contributed by atoms with van der Waals surface area (Å²) in [6, 6.07) is 9.28. The minimum atomic E-state index is -0.992. The number of para-hydroxylation sites is 1. The quantitative estimate of drug-likeness (QED) is 0.898. The molecule has 0 bridgehead atoms. The van der Waals surface area contributed by atoms with Gasteiger partial charge in [0.1, 0.15) is 0 Å². The van der Waals surface area contributed by atoms with E-state index >= 15 is 0 Å². The summed E-state index contributed by atoms with van der Waals surface area (Å²) in [5, 5.41) is 10.1. The Labute approximate surface area is 106 Å². The Kier molecular flexibility index (Phi) is 3.46. The van der Waals surface area contributed by atoms with Crippen LogP contribution >= 0.6 is 0 Å². The molecular formula is C14H16N2O2. The van der Waals surface area contributed by atoms with Crippen LogP contribution < -0.4 is 4.90 Å². The summed E-state index contributed by atoms with van der Waals surface area (Å²) in [6.45, 7) is 5.78. The van der Waals surface area contributed by atoms with Gasteiger partial charge < -0.3 is 10.0 Å². The largest absolute Gasteiger partial charge is 0.477 e. The molecule has 0 radical (unpaired) electrons. The molecule has 0 aliphatic carbocycles. The van der Waals surface area contributed by atoms with Gasteiger partial charge >= 0.3 is 5.97 Å². The molecule has 0 amide bonds. The van der Waals surface area contributed by atoms with E-state index in [1.54, 1.807) is 6.07 Å². The number of benzene rings is 1. The summed E-state index contributed by atoms with van der Waals surface area (Å²) < 4.78 is 0. The maximum Gasteiger partial charge on any atom is 0.354 e. The molecule has 0 aliphatic heterocycles. The topological polar surface area (TPSA) is 53.4 Å². The molecule has 18 heavy (non-hydrogen) atoms. The number of carboxylic acids is 1. The number of carboxylic acid groups (broad SMARTS) is 1. The van der Waals surface area contributed by atoms with Crippen molar-refractivity contribution in [2.45, 2.75) is 13.8 Å². The Morgan fingerprint density at radius 2 is 1.94 bits per heavy atom. The van der Waals surface area contributed by atoms with Gasteiger partial charge in [0, 0.05) is 24.2 Å². The Morgan fingerprint density at radius 1 is 1.28 bits per heavy atom. The molecule has 1 aromatic heterocycles. The Balaban J connectivity index is 2.71. The molecule has 0 spiro atoms. The molecule has 0 saturated carbocycles. The predicted octanol–water partition coefficient (Wildman–Crippen LogP) is 2.78. The van der Waals surface area contributed by atoms with Crippen molar-refractivity contribution in [3.8, 4) is 0 Å². The highest BCUT2D eigenvalue weighted by molar-refractivity contribution is 5.97. The lowest BCUT2D eigenvalue weighted by atomic mass is 10.1. The molecule has 1 N–H and O–H groups in total. The third-order valence-corrected chi connectivity index (χ3v) is 3.02. The number of aromatic carboxylic acids is 1. The molecule has 1 heterocycles. The minimum Gasteiger partial charge on any atom is -0.477 e. The van der Waals surface area contributed by atoms with Crippen LogP contribution in [-0.2, 0) is 0 Å². The highest BCUT2D eigenvalue weighted by atomic mass is 16.4. The van der Waals surface area contributed by atoms with Crippen LogP contribution in [0.5, 0.6) is 0 Å². The molecule has 2 rings (SSSR count). The second kappa shape index (κ2) is 5.04. The van der Waals surface area contributed by atoms with Gasteiger partial charge in [-0.05, 0) is 26.0 Å². The summed E-state index contributed by atoms with van der Waals surface area (Å²) in [5.41, 5.74) is 1.75. The average Bonchev–Trinajstić information content (AvgIpc) is 2.39. The maximum atomic E-state index is 11.1. The van der Waals surface area contributed by atoms with Gasteiger partial charge in [-0.25, -0.2) is 9.78 Å². The smallest absolute Gasteiger partial charge is 0.354 e. The highest BCUT2D eigenvalue weighted by Crippen LogP contribution is 2.26. The first-order valence-electron chi connectivity index (χ1n) is 6.05. The van der Waals surface area contributed by atoms with E-state index in [4.69, 9.17) is 5.11 Å². The van der Waals surface area contributed by atoms with Gasteiger partial charge in [-0.2, -0.15) is 0 Å². The van der Waals surface area contributed by atoms with Crippen molar-refractivity contribution in [3.05, 3.63) is 36.0 Å². The molecule has 4 heteroatoms. The standard InChI is InChI=1S/C14H16N2O2/c1-3-16(4-2)13-9-12(14(17)18)15-11-8-6-5-7-10(11)13/h5-9H,3-4H2,1-2H3,(H,17,18). The van der Waals surface area contributed by atoms with Gasteiger partial charge in [0.2, 0.25) is 0 Å². The van der Waals surface area contributed by atoms with Crippen LogP contribution in [0.15, 0.2) is 30.3 Å². The fourth-order valence-corrected chi connectivity index (χ4v) is 2.09. The zero-order chi connectivity index (χ0) is 13.1. The zero-order valence-electron chi connectivity index (χ0n) is 10.6. The zero-order valence-corrected chi connectivity index (χ0v) is 10.6. The van der Waals surface area contributed by atoms with Crippen LogP contribution in [0.25, 0.3) is 10.9 Å². The number of carbonyl (C=O) groups is 1. The van der Waals surface area contributed by atoms with Crippen LogP contribution in [0.3, 0.4) is 0 Å². The van der Waals surface area contributed by atoms with Gasteiger partial charge in [-0.3, -0.25) is 0 Å². The van der Waals surface area contributed by atoms with E-state index in [9.17, 15) is 4.79 Å². The molecule has 1 aromatic carbocycles. The lowest BCUT2D eigenvalue weighted by molar-refractivity contribution is 0.0691. The maximum absolute atomic E-state index is 11.1. The molecule has 94 valence electrons. The fraction of sp³-hybridized carbons (Fsp3) is 0.286. The number of fused-ring (bicyclic) bond motifs is 1. The summed E-state index contributed by atoms with van der Waals surface area (Å²) in [7, 11) is 0. The van der Waals surface area contributed by atoms with Gasteiger partial charge in [0.25, 0.3) is 0 Å². The van der Waals surface area contributed by atoms with Crippen LogP contribution in [0.2, 0.25) is 0 Å². The third-order valence-electron chi connectivity index (χ3n) is 3.02. The minimum absolute atomic E-state index is 0.0931.